The van der Waals surface area contributed by atoms with E-state index < -0.39 is 0 Å². The summed E-state index contributed by atoms with van der Waals surface area (Å²) in [6, 6.07) is 7.71. The number of carbonyl (C=O) groups excluding carboxylic acids is 1. The number of hydrogen-bond donors (Lipinski definition) is 0. The van der Waals surface area contributed by atoms with Gasteiger partial charge in [-0.2, -0.15) is 0 Å². The number of amides is 1. The number of carbonyl (C=O) groups is 1. The fraction of sp³-hybridized carbons (Fsp3) is 0.632. The van der Waals surface area contributed by atoms with Gasteiger partial charge in [0.2, 0.25) is 5.91 Å². The molecule has 5 nitrogen and oxygen atoms in total. The summed E-state index contributed by atoms with van der Waals surface area (Å²) in [6.07, 6.45) is 4.28. The Kier molecular flexibility index (Phi) is 5.61. The number of ether oxygens (including phenoxy) is 2. The average Bonchev–Trinajstić information content (AvgIpc) is 2.62. The van der Waals surface area contributed by atoms with E-state index in [9.17, 15) is 4.79 Å². The predicted octanol–water partition coefficient (Wildman–Crippen LogP) is 2.55. The van der Waals surface area contributed by atoms with Gasteiger partial charge in [0.25, 0.3) is 0 Å². The van der Waals surface area contributed by atoms with E-state index in [0.717, 1.165) is 43.9 Å². The third-order valence-electron chi connectivity index (χ3n) is 4.83. The summed E-state index contributed by atoms with van der Waals surface area (Å²) in [5.41, 5.74) is 0. The van der Waals surface area contributed by atoms with Crippen LogP contribution in [0.3, 0.4) is 0 Å². The molecule has 1 saturated heterocycles. The molecule has 1 aromatic carbocycles. The van der Waals surface area contributed by atoms with Crippen LogP contribution >= 0.6 is 0 Å². The fourth-order valence-electron chi connectivity index (χ4n) is 3.63. The summed E-state index contributed by atoms with van der Waals surface area (Å²) >= 11 is 0. The molecule has 0 aromatic heterocycles. The Morgan fingerprint density at radius 3 is 2.88 bits per heavy atom. The third kappa shape index (κ3) is 3.83. The summed E-state index contributed by atoms with van der Waals surface area (Å²) in [5.74, 6) is 1.76. The van der Waals surface area contributed by atoms with E-state index in [-0.39, 0.29) is 18.1 Å². The summed E-state index contributed by atoms with van der Waals surface area (Å²) in [6.45, 7) is 5.25. The van der Waals surface area contributed by atoms with Crippen LogP contribution in [0.5, 0.6) is 11.5 Å². The molecule has 0 spiro atoms. The van der Waals surface area contributed by atoms with Gasteiger partial charge in [-0.15, -0.1) is 0 Å². The van der Waals surface area contributed by atoms with Gasteiger partial charge < -0.3 is 14.4 Å². The van der Waals surface area contributed by atoms with Crippen molar-refractivity contribution in [1.29, 1.82) is 0 Å². The second-order valence-electron chi connectivity index (χ2n) is 6.76. The Bertz CT molecular complexity index is 561. The van der Waals surface area contributed by atoms with Gasteiger partial charge in [-0.3, -0.25) is 9.69 Å². The highest BCUT2D eigenvalue weighted by molar-refractivity contribution is 5.81. The number of fused-ring (bicyclic) bond motifs is 1. The van der Waals surface area contributed by atoms with E-state index in [1.54, 1.807) is 0 Å². The second-order valence-corrected chi connectivity index (χ2v) is 6.76. The molecular weight excluding hydrogens is 304 g/mol. The van der Waals surface area contributed by atoms with Crippen molar-refractivity contribution in [2.24, 2.45) is 0 Å². The second kappa shape index (κ2) is 7.88. The van der Waals surface area contributed by atoms with E-state index in [0.29, 0.717) is 13.2 Å². The van der Waals surface area contributed by atoms with Crippen LogP contribution in [-0.4, -0.2) is 61.1 Å². The molecule has 0 N–H and O–H groups in total. The molecule has 2 atom stereocenters. The monoisotopic (exact) mass is 332 g/mol. The highest BCUT2D eigenvalue weighted by Gasteiger charge is 2.32. The standard InChI is InChI=1S/C19H28N2O3/c1-3-11-21-12-7-6-8-16(21)19(22)20(2)13-15-14-23-17-9-4-5-10-18(17)24-15/h4-5,9-10,15-16H,3,6-8,11-14H2,1-2H3. The van der Waals surface area contributed by atoms with Crippen molar-refractivity contribution >= 4 is 5.91 Å². The Balaban J connectivity index is 1.58. The van der Waals surface area contributed by atoms with Gasteiger partial charge in [-0.1, -0.05) is 25.5 Å². The van der Waals surface area contributed by atoms with Crippen LogP contribution in [0.4, 0.5) is 0 Å². The summed E-state index contributed by atoms with van der Waals surface area (Å²) in [4.78, 5) is 17.1. The third-order valence-corrected chi connectivity index (χ3v) is 4.83. The Morgan fingerprint density at radius 2 is 2.08 bits per heavy atom. The van der Waals surface area contributed by atoms with Crippen LogP contribution in [0.2, 0.25) is 0 Å². The van der Waals surface area contributed by atoms with Gasteiger partial charge in [-0.25, -0.2) is 0 Å². The molecule has 3 rings (SSSR count). The minimum absolute atomic E-state index is 0.0282. The zero-order valence-corrected chi connectivity index (χ0v) is 14.7. The maximum atomic E-state index is 12.9. The molecule has 2 unspecified atom stereocenters. The molecule has 0 radical (unpaired) electrons. The van der Waals surface area contributed by atoms with Gasteiger partial charge in [0.1, 0.15) is 6.61 Å². The topological polar surface area (TPSA) is 42.0 Å². The molecule has 1 aromatic rings. The average molecular weight is 332 g/mol. The van der Waals surface area contributed by atoms with E-state index in [2.05, 4.69) is 11.8 Å². The van der Waals surface area contributed by atoms with Crippen LogP contribution in [0.15, 0.2) is 24.3 Å². The number of para-hydroxylation sites is 2. The van der Waals surface area contributed by atoms with E-state index in [1.807, 2.05) is 36.2 Å². The van der Waals surface area contributed by atoms with Crippen molar-refractivity contribution < 1.29 is 14.3 Å². The molecule has 5 heteroatoms. The van der Waals surface area contributed by atoms with Crippen molar-refractivity contribution in [3.05, 3.63) is 24.3 Å². The predicted molar refractivity (Wildman–Crippen MR) is 93.5 cm³/mol. The highest BCUT2D eigenvalue weighted by Crippen LogP contribution is 2.31. The van der Waals surface area contributed by atoms with Crippen LogP contribution in [0.25, 0.3) is 0 Å². The maximum absolute atomic E-state index is 12.9. The first kappa shape index (κ1) is 17.1. The van der Waals surface area contributed by atoms with Crippen molar-refractivity contribution in [1.82, 2.24) is 9.80 Å². The molecular formula is C19H28N2O3. The molecule has 0 saturated carbocycles. The molecule has 2 aliphatic rings. The molecule has 0 bridgehead atoms. The molecule has 1 amide bonds. The Labute approximate surface area is 144 Å². The van der Waals surface area contributed by atoms with Gasteiger partial charge in [0.05, 0.1) is 12.6 Å². The molecule has 1 fully saturated rings. The van der Waals surface area contributed by atoms with Crippen molar-refractivity contribution in [2.75, 3.05) is 33.3 Å². The summed E-state index contributed by atoms with van der Waals surface area (Å²) in [7, 11) is 1.88. The maximum Gasteiger partial charge on any atom is 0.239 e. The number of likely N-dealkylation sites (N-methyl/N-ethyl adjacent to an activating group) is 1. The van der Waals surface area contributed by atoms with Gasteiger partial charge >= 0.3 is 0 Å². The zero-order valence-electron chi connectivity index (χ0n) is 14.7. The van der Waals surface area contributed by atoms with Crippen LogP contribution in [0, 0.1) is 0 Å². The van der Waals surface area contributed by atoms with E-state index in [1.165, 1.54) is 6.42 Å². The van der Waals surface area contributed by atoms with Gasteiger partial charge in [0, 0.05) is 7.05 Å². The SMILES string of the molecule is CCCN1CCCCC1C(=O)N(C)CC1COc2ccccc2O1. The summed E-state index contributed by atoms with van der Waals surface area (Å²) < 4.78 is 11.7. The normalized spacial score (nSPS) is 23.8. The first-order chi connectivity index (χ1) is 11.7. The Hall–Kier alpha value is -1.75. The van der Waals surface area contributed by atoms with Gasteiger partial charge in [0.15, 0.2) is 17.6 Å². The smallest absolute Gasteiger partial charge is 0.239 e. The van der Waals surface area contributed by atoms with Gasteiger partial charge in [-0.05, 0) is 44.5 Å². The Morgan fingerprint density at radius 1 is 1.29 bits per heavy atom. The molecule has 132 valence electrons. The largest absolute Gasteiger partial charge is 0.486 e. The molecule has 2 heterocycles. The summed E-state index contributed by atoms with van der Waals surface area (Å²) in [5, 5.41) is 0. The fourth-order valence-corrected chi connectivity index (χ4v) is 3.63. The molecule has 2 aliphatic heterocycles. The number of benzene rings is 1. The minimum Gasteiger partial charge on any atom is -0.486 e. The number of likely N-dealkylation sites (tertiary alicyclic amines) is 1. The zero-order chi connectivity index (χ0) is 16.9. The van der Waals surface area contributed by atoms with Crippen molar-refractivity contribution in [3.63, 3.8) is 0 Å². The quantitative estimate of drug-likeness (QED) is 0.831. The van der Waals surface area contributed by atoms with E-state index >= 15 is 0 Å². The molecule has 0 aliphatic carbocycles. The van der Waals surface area contributed by atoms with Crippen LogP contribution in [-0.2, 0) is 4.79 Å². The first-order valence-corrected chi connectivity index (χ1v) is 9.06. The van der Waals surface area contributed by atoms with Crippen molar-refractivity contribution in [3.8, 4) is 11.5 Å². The lowest BCUT2D eigenvalue weighted by atomic mass is 10.0. The van der Waals surface area contributed by atoms with Crippen LogP contribution in [0.1, 0.15) is 32.6 Å². The number of hydrogen-bond acceptors (Lipinski definition) is 4. The lowest BCUT2D eigenvalue weighted by Crippen LogP contribution is -2.52. The first-order valence-electron chi connectivity index (χ1n) is 9.06. The molecule has 24 heavy (non-hydrogen) atoms. The number of piperidine rings is 1. The minimum atomic E-state index is -0.114. The highest BCUT2D eigenvalue weighted by atomic mass is 16.6. The lowest BCUT2D eigenvalue weighted by molar-refractivity contribution is -0.138. The number of nitrogens with zero attached hydrogens (tertiary/aromatic N) is 2. The lowest BCUT2D eigenvalue weighted by Gasteiger charge is -2.37. The van der Waals surface area contributed by atoms with Crippen molar-refractivity contribution in [2.45, 2.75) is 44.8 Å². The van der Waals surface area contributed by atoms with Crippen LogP contribution < -0.4 is 9.47 Å². The van der Waals surface area contributed by atoms with E-state index in [4.69, 9.17) is 9.47 Å². The number of rotatable bonds is 5.